The summed E-state index contributed by atoms with van der Waals surface area (Å²) in [6, 6.07) is 1.96. The zero-order valence-electron chi connectivity index (χ0n) is 9.54. The lowest BCUT2D eigenvalue weighted by Gasteiger charge is -2.27. The molecule has 0 N–H and O–H groups in total. The first-order valence-electron chi connectivity index (χ1n) is 5.93. The normalized spacial score (nSPS) is 16.4. The van der Waals surface area contributed by atoms with Crippen molar-refractivity contribution in [3.8, 4) is 0 Å². The van der Waals surface area contributed by atoms with Gasteiger partial charge >= 0.3 is 0 Å². The Labute approximate surface area is 99.1 Å². The minimum absolute atomic E-state index is 0.545. The molecule has 17 heavy (non-hydrogen) atoms. The largest absolute Gasteiger partial charge is 0.357 e. The van der Waals surface area contributed by atoms with Crippen molar-refractivity contribution in [1.29, 1.82) is 0 Å². The third-order valence-electron chi connectivity index (χ3n) is 3.19. The topological polar surface area (TPSA) is 50.5 Å². The number of aldehydes is 1. The van der Waals surface area contributed by atoms with E-state index in [1.54, 1.807) is 10.7 Å². The second-order valence-corrected chi connectivity index (χ2v) is 4.32. The van der Waals surface area contributed by atoms with E-state index in [9.17, 15) is 4.79 Å². The van der Waals surface area contributed by atoms with Crippen LogP contribution in [0, 0.1) is 0 Å². The fraction of sp³-hybridized carbons (Fsp3) is 0.417. The van der Waals surface area contributed by atoms with Gasteiger partial charge in [0, 0.05) is 19.3 Å². The van der Waals surface area contributed by atoms with Crippen LogP contribution < -0.4 is 4.90 Å². The van der Waals surface area contributed by atoms with Crippen LogP contribution in [0.1, 0.15) is 29.6 Å². The molecule has 1 saturated heterocycles. The number of aromatic nitrogens is 3. The summed E-state index contributed by atoms with van der Waals surface area (Å²) >= 11 is 0. The molecule has 2 aromatic rings. The summed E-state index contributed by atoms with van der Waals surface area (Å²) in [7, 11) is 0. The third-order valence-corrected chi connectivity index (χ3v) is 3.19. The number of anilines is 1. The lowest BCUT2D eigenvalue weighted by Crippen LogP contribution is -2.30. The summed E-state index contributed by atoms with van der Waals surface area (Å²) in [5.41, 5.74) is 1.19. The monoisotopic (exact) mass is 230 g/mol. The highest BCUT2D eigenvalue weighted by Gasteiger charge is 2.13. The highest BCUT2D eigenvalue weighted by atomic mass is 16.1. The molecular weight excluding hydrogens is 216 g/mol. The van der Waals surface area contributed by atoms with Crippen LogP contribution in [-0.4, -0.2) is 34.0 Å². The van der Waals surface area contributed by atoms with Crippen LogP contribution in [0.25, 0.3) is 5.65 Å². The Balaban J connectivity index is 2.01. The molecule has 0 atom stereocenters. The minimum atomic E-state index is 0.545. The molecule has 0 saturated carbocycles. The van der Waals surface area contributed by atoms with Crippen molar-refractivity contribution < 1.29 is 4.79 Å². The zero-order valence-corrected chi connectivity index (χ0v) is 9.54. The Morgan fingerprint density at radius 3 is 2.82 bits per heavy atom. The number of hydrogen-bond acceptors (Lipinski definition) is 4. The van der Waals surface area contributed by atoms with Gasteiger partial charge < -0.3 is 4.90 Å². The van der Waals surface area contributed by atoms with Crippen LogP contribution in [0.15, 0.2) is 18.5 Å². The highest BCUT2D eigenvalue weighted by Crippen LogP contribution is 2.18. The maximum atomic E-state index is 10.9. The molecule has 2 aromatic heterocycles. The van der Waals surface area contributed by atoms with Crippen LogP contribution in [0.2, 0.25) is 0 Å². The summed E-state index contributed by atoms with van der Waals surface area (Å²) in [6.45, 7) is 2.10. The Hall–Kier alpha value is -1.91. The van der Waals surface area contributed by atoms with Crippen molar-refractivity contribution in [1.82, 2.24) is 14.6 Å². The van der Waals surface area contributed by atoms with Crippen LogP contribution in [-0.2, 0) is 0 Å². The number of hydrogen-bond donors (Lipinski definition) is 0. The molecule has 0 spiro atoms. The molecule has 1 aliphatic rings. The van der Waals surface area contributed by atoms with Gasteiger partial charge in [0.25, 0.3) is 0 Å². The molecule has 1 fully saturated rings. The quantitative estimate of drug-likeness (QED) is 0.734. The minimum Gasteiger partial charge on any atom is -0.357 e. The van der Waals surface area contributed by atoms with Gasteiger partial charge in [-0.25, -0.2) is 9.50 Å². The zero-order chi connectivity index (χ0) is 11.7. The van der Waals surface area contributed by atoms with E-state index in [1.165, 1.54) is 19.3 Å². The van der Waals surface area contributed by atoms with Crippen LogP contribution in [0.4, 0.5) is 5.82 Å². The standard InChI is InChI=1S/C12H14N4O/c17-9-10-8-13-16-7-4-11(14-12(10)16)15-5-2-1-3-6-15/h4,7-9H,1-3,5-6H2. The molecule has 88 valence electrons. The Morgan fingerprint density at radius 2 is 2.06 bits per heavy atom. The second kappa shape index (κ2) is 4.16. The maximum Gasteiger partial charge on any atom is 0.167 e. The van der Waals surface area contributed by atoms with Gasteiger partial charge in [0.1, 0.15) is 5.82 Å². The fourth-order valence-corrected chi connectivity index (χ4v) is 2.26. The van der Waals surface area contributed by atoms with Crippen molar-refractivity contribution in [2.45, 2.75) is 19.3 Å². The van der Waals surface area contributed by atoms with Crippen molar-refractivity contribution in [2.75, 3.05) is 18.0 Å². The molecule has 0 amide bonds. The van der Waals surface area contributed by atoms with E-state index in [-0.39, 0.29) is 0 Å². The van der Waals surface area contributed by atoms with Crippen molar-refractivity contribution >= 4 is 17.8 Å². The van der Waals surface area contributed by atoms with Gasteiger partial charge in [0.15, 0.2) is 11.9 Å². The first-order valence-corrected chi connectivity index (χ1v) is 5.93. The molecule has 5 heteroatoms. The average molecular weight is 230 g/mol. The number of carbonyl (C=O) groups is 1. The van der Waals surface area contributed by atoms with E-state index in [4.69, 9.17) is 0 Å². The Morgan fingerprint density at radius 1 is 1.24 bits per heavy atom. The number of piperidine rings is 1. The average Bonchev–Trinajstić information content (AvgIpc) is 2.81. The van der Waals surface area contributed by atoms with Crippen LogP contribution in [0.5, 0.6) is 0 Å². The maximum absolute atomic E-state index is 10.9. The summed E-state index contributed by atoms with van der Waals surface area (Å²) in [6.07, 6.45) is 7.94. The summed E-state index contributed by atoms with van der Waals surface area (Å²) < 4.78 is 1.64. The van der Waals surface area contributed by atoms with Crippen LogP contribution in [0.3, 0.4) is 0 Å². The lowest BCUT2D eigenvalue weighted by molar-refractivity contribution is 0.112. The molecule has 3 rings (SSSR count). The lowest BCUT2D eigenvalue weighted by atomic mass is 10.1. The molecule has 0 unspecified atom stereocenters. The predicted molar refractivity (Wildman–Crippen MR) is 64.4 cm³/mol. The second-order valence-electron chi connectivity index (χ2n) is 4.32. The molecule has 0 radical (unpaired) electrons. The van der Waals surface area contributed by atoms with E-state index in [0.29, 0.717) is 11.2 Å². The summed E-state index contributed by atoms with van der Waals surface area (Å²) in [5, 5.41) is 4.08. The number of rotatable bonds is 2. The summed E-state index contributed by atoms with van der Waals surface area (Å²) in [5.74, 6) is 0.945. The van der Waals surface area contributed by atoms with E-state index >= 15 is 0 Å². The van der Waals surface area contributed by atoms with Crippen molar-refractivity contribution in [3.05, 3.63) is 24.0 Å². The van der Waals surface area contributed by atoms with E-state index < -0.39 is 0 Å². The number of nitrogens with zero attached hydrogens (tertiary/aromatic N) is 4. The van der Waals surface area contributed by atoms with Gasteiger partial charge in [-0.05, 0) is 25.3 Å². The first-order chi connectivity index (χ1) is 8.38. The molecule has 0 aromatic carbocycles. The van der Waals surface area contributed by atoms with E-state index in [0.717, 1.165) is 25.2 Å². The fourth-order valence-electron chi connectivity index (χ4n) is 2.26. The molecule has 0 aliphatic carbocycles. The van der Waals surface area contributed by atoms with E-state index in [1.807, 2.05) is 12.3 Å². The van der Waals surface area contributed by atoms with Gasteiger partial charge in [-0.3, -0.25) is 4.79 Å². The number of fused-ring (bicyclic) bond motifs is 1. The highest BCUT2D eigenvalue weighted by molar-refractivity contribution is 5.84. The molecule has 0 bridgehead atoms. The summed E-state index contributed by atoms with van der Waals surface area (Å²) in [4.78, 5) is 17.7. The molecular formula is C12H14N4O. The number of carbonyl (C=O) groups excluding carboxylic acids is 1. The first kappa shape index (κ1) is 10.3. The van der Waals surface area contributed by atoms with Crippen molar-refractivity contribution in [2.24, 2.45) is 0 Å². The molecule has 5 nitrogen and oxygen atoms in total. The van der Waals surface area contributed by atoms with Gasteiger partial charge in [0.05, 0.1) is 11.8 Å². The molecule has 1 aliphatic heterocycles. The van der Waals surface area contributed by atoms with Crippen LogP contribution >= 0.6 is 0 Å². The van der Waals surface area contributed by atoms with Crippen molar-refractivity contribution in [3.63, 3.8) is 0 Å². The Bertz CT molecular complexity index is 542. The Kier molecular flexibility index (Phi) is 2.51. The van der Waals surface area contributed by atoms with Gasteiger partial charge in [-0.2, -0.15) is 5.10 Å². The molecule has 3 heterocycles. The predicted octanol–water partition coefficient (Wildman–Crippen LogP) is 1.53. The SMILES string of the molecule is O=Cc1cnn2ccc(N3CCCCC3)nc12. The van der Waals surface area contributed by atoms with Gasteiger partial charge in [-0.1, -0.05) is 0 Å². The van der Waals surface area contributed by atoms with E-state index in [2.05, 4.69) is 15.0 Å². The van der Waals surface area contributed by atoms with Gasteiger partial charge in [-0.15, -0.1) is 0 Å². The smallest absolute Gasteiger partial charge is 0.167 e. The van der Waals surface area contributed by atoms with Gasteiger partial charge in [0.2, 0.25) is 0 Å². The third kappa shape index (κ3) is 1.77.